The Hall–Kier alpha value is -1.71. The molecule has 0 saturated heterocycles. The first-order valence-electron chi connectivity index (χ1n) is 5.13. The molecular weight excluding hydrogens is 192 g/mol. The highest BCUT2D eigenvalue weighted by molar-refractivity contribution is 5.76. The Kier molecular flexibility index (Phi) is 1.65. The third kappa shape index (κ3) is 1.42. The van der Waals surface area contributed by atoms with Crippen LogP contribution in [-0.4, -0.2) is 4.57 Å². The normalized spacial score (nSPS) is 16.0. The number of nitrogens with zero attached hydrogens (tertiary/aromatic N) is 1. The van der Waals surface area contributed by atoms with Crippen LogP contribution in [0.1, 0.15) is 12.8 Å². The second-order valence-electron chi connectivity index (χ2n) is 4.15. The van der Waals surface area contributed by atoms with Crippen LogP contribution in [0.15, 0.2) is 27.4 Å². The van der Waals surface area contributed by atoms with Gasteiger partial charge in [-0.1, -0.05) is 0 Å². The minimum absolute atomic E-state index is 0.275. The minimum Gasteiger partial charge on any atom is -0.408 e. The maximum absolute atomic E-state index is 11.6. The van der Waals surface area contributed by atoms with Gasteiger partial charge in [0, 0.05) is 18.3 Å². The highest BCUT2D eigenvalue weighted by Gasteiger charge is 2.24. The molecule has 1 aromatic heterocycles. The topological polar surface area (TPSA) is 61.2 Å². The maximum atomic E-state index is 11.6. The zero-order chi connectivity index (χ0) is 10.4. The van der Waals surface area contributed by atoms with Gasteiger partial charge in [-0.05, 0) is 30.9 Å². The Balaban J connectivity index is 2.18. The van der Waals surface area contributed by atoms with E-state index in [1.807, 2.05) is 6.07 Å². The van der Waals surface area contributed by atoms with E-state index in [0.29, 0.717) is 17.2 Å². The number of benzene rings is 1. The van der Waals surface area contributed by atoms with Crippen LogP contribution in [-0.2, 0) is 6.54 Å². The van der Waals surface area contributed by atoms with Crippen molar-refractivity contribution in [1.82, 2.24) is 4.57 Å². The van der Waals surface area contributed by atoms with Gasteiger partial charge in [0.25, 0.3) is 0 Å². The lowest BCUT2D eigenvalue weighted by Gasteiger charge is -1.99. The molecule has 78 valence electrons. The number of hydrogen-bond acceptors (Lipinski definition) is 3. The highest BCUT2D eigenvalue weighted by Crippen LogP contribution is 2.31. The fraction of sp³-hybridized carbons (Fsp3) is 0.364. The van der Waals surface area contributed by atoms with Crippen molar-refractivity contribution in [2.75, 3.05) is 5.73 Å². The van der Waals surface area contributed by atoms with Crippen molar-refractivity contribution in [2.24, 2.45) is 5.92 Å². The molecule has 4 heteroatoms. The molecule has 3 rings (SSSR count). The number of hydrogen-bond donors (Lipinski definition) is 1. The molecule has 1 fully saturated rings. The molecule has 4 nitrogen and oxygen atoms in total. The Morgan fingerprint density at radius 2 is 2.27 bits per heavy atom. The van der Waals surface area contributed by atoms with Gasteiger partial charge in [0.2, 0.25) is 0 Å². The van der Waals surface area contributed by atoms with Gasteiger partial charge in [-0.3, -0.25) is 4.57 Å². The van der Waals surface area contributed by atoms with E-state index >= 15 is 0 Å². The van der Waals surface area contributed by atoms with Crippen molar-refractivity contribution in [3.05, 3.63) is 28.7 Å². The van der Waals surface area contributed by atoms with Crippen LogP contribution in [0.2, 0.25) is 0 Å². The van der Waals surface area contributed by atoms with Crippen molar-refractivity contribution in [1.29, 1.82) is 0 Å². The van der Waals surface area contributed by atoms with Crippen LogP contribution in [0.4, 0.5) is 5.69 Å². The molecule has 0 unspecified atom stereocenters. The number of fused-ring (bicyclic) bond motifs is 1. The molecule has 1 heterocycles. The summed E-state index contributed by atoms with van der Waals surface area (Å²) in [6.45, 7) is 0.774. The van der Waals surface area contributed by atoms with Gasteiger partial charge in [-0.25, -0.2) is 4.79 Å². The Morgan fingerprint density at radius 1 is 1.47 bits per heavy atom. The van der Waals surface area contributed by atoms with E-state index in [-0.39, 0.29) is 5.76 Å². The predicted molar refractivity (Wildman–Crippen MR) is 57.6 cm³/mol. The molecule has 0 amide bonds. The number of nitrogen functional groups attached to an aromatic ring is 1. The predicted octanol–water partition coefficient (Wildman–Crippen LogP) is 1.59. The van der Waals surface area contributed by atoms with Crippen LogP contribution in [0.3, 0.4) is 0 Å². The third-order valence-electron chi connectivity index (χ3n) is 2.83. The lowest BCUT2D eigenvalue weighted by atomic mass is 10.3. The summed E-state index contributed by atoms with van der Waals surface area (Å²) in [6.07, 6.45) is 2.43. The number of aromatic nitrogens is 1. The molecule has 0 bridgehead atoms. The number of rotatable bonds is 2. The van der Waals surface area contributed by atoms with E-state index in [1.54, 1.807) is 16.7 Å². The molecule has 2 N–H and O–H groups in total. The molecule has 1 aromatic carbocycles. The van der Waals surface area contributed by atoms with Crippen molar-refractivity contribution in [3.8, 4) is 0 Å². The molecule has 0 aliphatic heterocycles. The Labute approximate surface area is 86.3 Å². The van der Waals surface area contributed by atoms with Gasteiger partial charge >= 0.3 is 5.76 Å². The first-order valence-corrected chi connectivity index (χ1v) is 5.13. The van der Waals surface area contributed by atoms with Crippen LogP contribution < -0.4 is 11.5 Å². The number of anilines is 1. The monoisotopic (exact) mass is 204 g/mol. The first kappa shape index (κ1) is 8.59. The van der Waals surface area contributed by atoms with Crippen molar-refractivity contribution in [3.63, 3.8) is 0 Å². The molecule has 1 saturated carbocycles. The lowest BCUT2D eigenvalue weighted by molar-refractivity contribution is 0.492. The molecule has 1 aliphatic carbocycles. The summed E-state index contributed by atoms with van der Waals surface area (Å²) in [5.41, 5.74) is 7.68. The molecule has 2 aromatic rings. The zero-order valence-corrected chi connectivity index (χ0v) is 8.27. The summed E-state index contributed by atoms with van der Waals surface area (Å²) in [4.78, 5) is 11.6. The average Bonchev–Trinajstić information content (AvgIpc) is 2.93. The first-order chi connectivity index (χ1) is 7.24. The fourth-order valence-electron chi connectivity index (χ4n) is 1.81. The molecular formula is C11H12N2O2. The molecule has 0 radical (unpaired) electrons. The summed E-state index contributed by atoms with van der Waals surface area (Å²) >= 11 is 0. The third-order valence-corrected chi connectivity index (χ3v) is 2.83. The van der Waals surface area contributed by atoms with E-state index < -0.39 is 0 Å². The average molecular weight is 204 g/mol. The van der Waals surface area contributed by atoms with Gasteiger partial charge in [0.15, 0.2) is 5.58 Å². The summed E-state index contributed by atoms with van der Waals surface area (Å²) in [6, 6.07) is 5.33. The second-order valence-corrected chi connectivity index (χ2v) is 4.15. The molecule has 0 atom stereocenters. The van der Waals surface area contributed by atoms with E-state index in [2.05, 4.69) is 0 Å². The van der Waals surface area contributed by atoms with E-state index in [4.69, 9.17) is 10.2 Å². The smallest absolute Gasteiger partial charge is 0.408 e. The largest absolute Gasteiger partial charge is 0.419 e. The van der Waals surface area contributed by atoms with Gasteiger partial charge in [-0.2, -0.15) is 0 Å². The van der Waals surface area contributed by atoms with Crippen LogP contribution >= 0.6 is 0 Å². The van der Waals surface area contributed by atoms with Crippen LogP contribution in [0.5, 0.6) is 0 Å². The lowest BCUT2D eigenvalue weighted by Crippen LogP contribution is -2.14. The number of oxazole rings is 1. The zero-order valence-electron chi connectivity index (χ0n) is 8.27. The SMILES string of the molecule is Nc1ccc2c(c1)oc(=O)n2CC1CC1. The number of nitrogens with two attached hydrogens (primary N) is 1. The van der Waals surface area contributed by atoms with Gasteiger partial charge < -0.3 is 10.2 Å². The summed E-state index contributed by atoms with van der Waals surface area (Å²) in [5.74, 6) is 0.378. The Morgan fingerprint density at radius 3 is 3.00 bits per heavy atom. The molecule has 0 spiro atoms. The van der Waals surface area contributed by atoms with Crippen molar-refractivity contribution >= 4 is 16.8 Å². The van der Waals surface area contributed by atoms with Gasteiger partial charge in [0.05, 0.1) is 5.52 Å². The fourth-order valence-corrected chi connectivity index (χ4v) is 1.81. The summed E-state index contributed by atoms with van der Waals surface area (Å²) < 4.78 is 6.84. The molecule has 1 aliphatic rings. The Bertz CT molecular complexity index is 563. The van der Waals surface area contributed by atoms with Crippen molar-refractivity contribution in [2.45, 2.75) is 19.4 Å². The molecule has 15 heavy (non-hydrogen) atoms. The summed E-state index contributed by atoms with van der Waals surface area (Å²) in [7, 11) is 0. The van der Waals surface area contributed by atoms with Gasteiger partial charge in [-0.15, -0.1) is 0 Å². The standard InChI is InChI=1S/C11H12N2O2/c12-8-3-4-9-10(5-8)15-11(14)13(9)6-7-1-2-7/h3-5,7H,1-2,6,12H2. The van der Waals surface area contributed by atoms with E-state index in [0.717, 1.165) is 12.1 Å². The quantitative estimate of drug-likeness (QED) is 0.755. The summed E-state index contributed by atoms with van der Waals surface area (Å²) in [5, 5.41) is 0. The van der Waals surface area contributed by atoms with Crippen molar-refractivity contribution < 1.29 is 4.42 Å². The van der Waals surface area contributed by atoms with Crippen LogP contribution in [0.25, 0.3) is 11.1 Å². The van der Waals surface area contributed by atoms with E-state index in [1.165, 1.54) is 12.8 Å². The van der Waals surface area contributed by atoms with Crippen LogP contribution in [0, 0.1) is 5.92 Å². The van der Waals surface area contributed by atoms with E-state index in [9.17, 15) is 4.79 Å². The minimum atomic E-state index is -0.275. The maximum Gasteiger partial charge on any atom is 0.419 e. The second kappa shape index (κ2) is 2.89. The van der Waals surface area contributed by atoms with Gasteiger partial charge in [0.1, 0.15) is 0 Å². The highest BCUT2D eigenvalue weighted by atomic mass is 16.4.